The summed E-state index contributed by atoms with van der Waals surface area (Å²) in [5, 5.41) is 8.97. The fraction of sp³-hybridized carbons (Fsp3) is 0.440. The van der Waals surface area contributed by atoms with Crippen LogP contribution in [0.1, 0.15) is 41.7 Å². The maximum atomic E-state index is 12.8. The van der Waals surface area contributed by atoms with E-state index in [1.807, 2.05) is 0 Å². The van der Waals surface area contributed by atoms with E-state index in [1.54, 1.807) is 17.0 Å². The molecule has 0 radical (unpaired) electrons. The molecule has 3 aliphatic rings. The summed E-state index contributed by atoms with van der Waals surface area (Å²) in [5.41, 5.74) is 1.30. The van der Waals surface area contributed by atoms with Crippen molar-refractivity contribution in [2.45, 2.75) is 32.2 Å². The summed E-state index contributed by atoms with van der Waals surface area (Å²) in [6, 6.07) is 6.30. The molecule has 1 aliphatic carbocycles. The van der Waals surface area contributed by atoms with Crippen molar-refractivity contribution in [3.8, 4) is 5.88 Å². The van der Waals surface area contributed by atoms with Crippen molar-refractivity contribution in [2.24, 2.45) is 11.8 Å². The highest BCUT2D eigenvalue weighted by molar-refractivity contribution is 6.22. The molecule has 2 aromatic heterocycles. The van der Waals surface area contributed by atoms with Crippen LogP contribution in [0.5, 0.6) is 5.88 Å². The molecule has 2 saturated heterocycles. The highest BCUT2D eigenvalue weighted by Crippen LogP contribution is 2.40. The number of carbonyl (C=O) groups is 4. The van der Waals surface area contributed by atoms with Gasteiger partial charge in [0.05, 0.1) is 35.0 Å². The van der Waals surface area contributed by atoms with E-state index in [2.05, 4.69) is 14.9 Å². The number of aromatic nitrogens is 2. The second-order valence-corrected chi connectivity index (χ2v) is 9.34. The van der Waals surface area contributed by atoms with Crippen molar-refractivity contribution >= 4 is 29.6 Å². The summed E-state index contributed by atoms with van der Waals surface area (Å²) >= 11 is 0. The van der Waals surface area contributed by atoms with E-state index in [-0.39, 0.29) is 35.1 Å². The summed E-state index contributed by atoms with van der Waals surface area (Å²) in [4.78, 5) is 62.4. The minimum Gasteiger partial charge on any atom is -0.478 e. The molecule has 1 N–H and O–H groups in total. The van der Waals surface area contributed by atoms with E-state index in [0.29, 0.717) is 38.4 Å². The lowest BCUT2D eigenvalue weighted by atomic mass is 9.81. The van der Waals surface area contributed by atoms with Gasteiger partial charge in [0.15, 0.2) is 0 Å². The van der Waals surface area contributed by atoms with Crippen LogP contribution in [0.4, 0.5) is 10.5 Å². The molecule has 2 atom stereocenters. The third-order valence-corrected chi connectivity index (χ3v) is 7.10. The molecule has 2 aliphatic heterocycles. The molecule has 0 spiro atoms. The number of carboxylic acids is 1. The van der Waals surface area contributed by atoms with Gasteiger partial charge in [0, 0.05) is 45.0 Å². The van der Waals surface area contributed by atoms with Crippen LogP contribution in [0.3, 0.4) is 0 Å². The quantitative estimate of drug-likeness (QED) is 0.622. The lowest BCUT2D eigenvalue weighted by Gasteiger charge is -2.33. The lowest BCUT2D eigenvalue weighted by molar-refractivity contribution is -0.122. The van der Waals surface area contributed by atoms with Gasteiger partial charge in [-0.25, -0.2) is 19.5 Å². The Hall–Kier alpha value is -3.86. The molecule has 2 unspecified atom stereocenters. The number of pyridine rings is 2. The van der Waals surface area contributed by atoms with Crippen LogP contribution >= 0.6 is 0 Å². The third-order valence-electron chi connectivity index (χ3n) is 7.10. The van der Waals surface area contributed by atoms with Gasteiger partial charge in [-0.3, -0.25) is 19.5 Å². The van der Waals surface area contributed by atoms with Crippen molar-refractivity contribution < 1.29 is 29.0 Å². The Morgan fingerprint density at radius 1 is 0.917 bits per heavy atom. The second kappa shape index (κ2) is 10.0. The number of ether oxygens (including phenoxy) is 1. The first kappa shape index (κ1) is 23.9. The summed E-state index contributed by atoms with van der Waals surface area (Å²) in [5.74, 6) is -1.71. The van der Waals surface area contributed by atoms with Crippen molar-refractivity contribution in [3.05, 3.63) is 47.9 Å². The predicted molar refractivity (Wildman–Crippen MR) is 126 cm³/mol. The molecule has 3 fully saturated rings. The standard InChI is InChI=1S/C25H27N5O6/c31-22-19-3-1-2-4-20(19)23(32)30(22)18-7-8-21(27-14-18)36-25(35)29-11-9-28(10-12-29)15-17-6-5-16(13-26-17)24(33)34/h5-8,13-14,19-20H,1-4,9-12,15H2,(H,33,34). The maximum absolute atomic E-state index is 12.8. The summed E-state index contributed by atoms with van der Waals surface area (Å²) in [6.07, 6.45) is 5.64. The SMILES string of the molecule is O=C(O)c1ccc(CN2CCN(C(=O)Oc3ccc(N4C(=O)C5CCCCC5C4=O)cn3)CC2)nc1. The number of imide groups is 1. The predicted octanol–water partition coefficient (Wildman–Crippen LogP) is 2.17. The first-order chi connectivity index (χ1) is 17.4. The Morgan fingerprint density at radius 2 is 1.61 bits per heavy atom. The van der Waals surface area contributed by atoms with Crippen LogP contribution in [-0.4, -0.2) is 74.9 Å². The number of aromatic carboxylic acids is 1. The smallest absolute Gasteiger partial charge is 0.416 e. The Bertz CT molecular complexity index is 1140. The highest BCUT2D eigenvalue weighted by Gasteiger charge is 2.48. The van der Waals surface area contributed by atoms with Crippen molar-refractivity contribution in [2.75, 3.05) is 31.1 Å². The van der Waals surface area contributed by atoms with Gasteiger partial charge in [-0.05, 0) is 31.0 Å². The fourth-order valence-electron chi connectivity index (χ4n) is 5.10. The van der Waals surface area contributed by atoms with E-state index in [4.69, 9.17) is 9.84 Å². The van der Waals surface area contributed by atoms with E-state index in [1.165, 1.54) is 29.4 Å². The van der Waals surface area contributed by atoms with Crippen molar-refractivity contribution in [1.82, 2.24) is 19.8 Å². The number of hydrogen-bond donors (Lipinski definition) is 1. The molecule has 188 valence electrons. The third kappa shape index (κ3) is 4.78. The molecule has 0 aromatic carbocycles. The van der Waals surface area contributed by atoms with E-state index < -0.39 is 12.1 Å². The topological polar surface area (TPSA) is 133 Å². The number of rotatable bonds is 5. The lowest BCUT2D eigenvalue weighted by Crippen LogP contribution is -2.49. The van der Waals surface area contributed by atoms with E-state index in [0.717, 1.165) is 31.4 Å². The minimum atomic E-state index is -1.01. The average Bonchev–Trinajstić information content (AvgIpc) is 3.15. The molecule has 2 aromatic rings. The molecule has 1 saturated carbocycles. The van der Waals surface area contributed by atoms with Crippen molar-refractivity contribution in [3.63, 3.8) is 0 Å². The van der Waals surface area contributed by atoms with Crippen LogP contribution in [0.2, 0.25) is 0 Å². The van der Waals surface area contributed by atoms with Gasteiger partial charge in [-0.1, -0.05) is 12.8 Å². The molecule has 3 amide bonds. The summed E-state index contributed by atoms with van der Waals surface area (Å²) < 4.78 is 5.41. The summed E-state index contributed by atoms with van der Waals surface area (Å²) in [6.45, 7) is 2.71. The van der Waals surface area contributed by atoms with Gasteiger partial charge in [0.25, 0.3) is 0 Å². The number of carboxylic acid groups (broad SMARTS) is 1. The second-order valence-electron chi connectivity index (χ2n) is 9.34. The zero-order valence-electron chi connectivity index (χ0n) is 19.7. The van der Waals surface area contributed by atoms with Crippen LogP contribution in [0.15, 0.2) is 36.7 Å². The van der Waals surface area contributed by atoms with Gasteiger partial charge in [0.2, 0.25) is 17.7 Å². The van der Waals surface area contributed by atoms with Crippen molar-refractivity contribution in [1.29, 1.82) is 0 Å². The van der Waals surface area contributed by atoms with Gasteiger partial charge in [-0.15, -0.1) is 0 Å². The molecule has 0 bridgehead atoms. The van der Waals surface area contributed by atoms with Gasteiger partial charge in [0.1, 0.15) is 0 Å². The molecule has 5 rings (SSSR count). The minimum absolute atomic E-state index is 0.102. The Balaban J connectivity index is 1.13. The normalized spacial score (nSPS) is 22.4. The van der Waals surface area contributed by atoms with E-state index in [9.17, 15) is 19.2 Å². The zero-order chi connectivity index (χ0) is 25.2. The number of nitrogens with zero attached hydrogens (tertiary/aromatic N) is 5. The Morgan fingerprint density at radius 3 is 2.17 bits per heavy atom. The molecular formula is C25H27N5O6. The first-order valence-corrected chi connectivity index (χ1v) is 12.1. The van der Waals surface area contributed by atoms with Crippen LogP contribution in [0, 0.1) is 11.8 Å². The number of amides is 3. The fourth-order valence-corrected chi connectivity index (χ4v) is 5.10. The molecule has 11 heteroatoms. The largest absolute Gasteiger partial charge is 0.478 e. The van der Waals surface area contributed by atoms with Gasteiger partial charge < -0.3 is 14.7 Å². The average molecular weight is 494 g/mol. The van der Waals surface area contributed by atoms with Crippen LogP contribution in [-0.2, 0) is 16.1 Å². The van der Waals surface area contributed by atoms with Crippen LogP contribution < -0.4 is 9.64 Å². The van der Waals surface area contributed by atoms with Gasteiger partial charge >= 0.3 is 12.1 Å². The highest BCUT2D eigenvalue weighted by atomic mass is 16.6. The Labute approximate surface area is 207 Å². The Kier molecular flexibility index (Phi) is 6.64. The number of fused-ring (bicyclic) bond motifs is 1. The molecule has 36 heavy (non-hydrogen) atoms. The molecular weight excluding hydrogens is 466 g/mol. The van der Waals surface area contributed by atoms with E-state index >= 15 is 0 Å². The number of anilines is 1. The molecule has 4 heterocycles. The number of hydrogen-bond acceptors (Lipinski definition) is 8. The monoisotopic (exact) mass is 493 g/mol. The first-order valence-electron chi connectivity index (χ1n) is 12.1. The maximum Gasteiger partial charge on any atom is 0.416 e. The summed E-state index contributed by atoms with van der Waals surface area (Å²) in [7, 11) is 0. The number of piperazine rings is 1. The molecule has 11 nitrogen and oxygen atoms in total. The number of carbonyl (C=O) groups excluding carboxylic acids is 3. The zero-order valence-corrected chi connectivity index (χ0v) is 19.7. The van der Waals surface area contributed by atoms with Crippen LogP contribution in [0.25, 0.3) is 0 Å². The van der Waals surface area contributed by atoms with Gasteiger partial charge in [-0.2, -0.15) is 0 Å².